The summed E-state index contributed by atoms with van der Waals surface area (Å²) in [4.78, 5) is 26.6. The van der Waals surface area contributed by atoms with Crippen molar-refractivity contribution in [2.45, 2.75) is 38.9 Å². The third kappa shape index (κ3) is 6.32. The Balaban J connectivity index is 1.48. The second kappa shape index (κ2) is 10.3. The van der Waals surface area contributed by atoms with Gasteiger partial charge in [-0.2, -0.15) is 5.10 Å². The molecule has 0 bridgehead atoms. The summed E-state index contributed by atoms with van der Waals surface area (Å²) in [5.74, 6) is 0.230. The molecule has 1 aliphatic heterocycles. The van der Waals surface area contributed by atoms with Gasteiger partial charge in [0.1, 0.15) is 23.3 Å². The molecule has 3 aromatic rings. The average Bonchev–Trinajstić information content (AvgIpc) is 3.44. The Hall–Kier alpha value is -4.08. The van der Waals surface area contributed by atoms with E-state index in [1.54, 1.807) is 34.0 Å². The van der Waals surface area contributed by atoms with Crippen molar-refractivity contribution in [1.29, 1.82) is 0 Å². The molecule has 0 spiro atoms. The minimum absolute atomic E-state index is 0.204. The first-order valence-corrected chi connectivity index (χ1v) is 11.7. The predicted molar refractivity (Wildman–Crippen MR) is 135 cm³/mol. The van der Waals surface area contributed by atoms with Crippen LogP contribution in [0, 0.1) is 5.82 Å². The van der Waals surface area contributed by atoms with E-state index >= 15 is 0 Å². The summed E-state index contributed by atoms with van der Waals surface area (Å²) in [6.07, 6.45) is 1.79. The third-order valence-corrected chi connectivity index (χ3v) is 5.53. The number of carbonyl (C=O) groups excluding carboxylic acids is 2. The number of halogens is 1. The van der Waals surface area contributed by atoms with Gasteiger partial charge in [0.2, 0.25) is 0 Å². The Morgan fingerprint density at radius 3 is 2.42 bits per heavy atom. The van der Waals surface area contributed by atoms with Gasteiger partial charge in [-0.25, -0.2) is 14.0 Å². The van der Waals surface area contributed by atoms with E-state index in [9.17, 15) is 14.0 Å². The molecule has 10 heteroatoms. The van der Waals surface area contributed by atoms with E-state index in [0.717, 1.165) is 11.3 Å². The standard InChI is InChI=1S/C26H30FN5O4/c1-26(2,3)36-25(34)32-14-12-20(16-32)35-23-10-9-19(15-21(23)22-11-13-28-31(22)4)30-24(33)29-18-7-5-17(27)6-8-18/h5-11,13,15,20H,12,14,16H2,1-4H3,(H2,29,30,33)/t20-/m0/s1. The van der Waals surface area contributed by atoms with Crippen molar-refractivity contribution >= 4 is 23.5 Å². The van der Waals surface area contributed by atoms with Gasteiger partial charge in [-0.15, -0.1) is 0 Å². The van der Waals surface area contributed by atoms with Crippen LogP contribution in [0.2, 0.25) is 0 Å². The van der Waals surface area contributed by atoms with Crippen LogP contribution in [0.15, 0.2) is 54.7 Å². The van der Waals surface area contributed by atoms with Crippen LogP contribution in [0.3, 0.4) is 0 Å². The summed E-state index contributed by atoms with van der Waals surface area (Å²) < 4.78 is 26.6. The zero-order chi connectivity index (χ0) is 25.9. The topological polar surface area (TPSA) is 97.7 Å². The van der Waals surface area contributed by atoms with E-state index in [1.807, 2.05) is 33.9 Å². The fourth-order valence-electron chi connectivity index (χ4n) is 3.87. The van der Waals surface area contributed by atoms with Gasteiger partial charge in [0.05, 0.1) is 12.2 Å². The van der Waals surface area contributed by atoms with Gasteiger partial charge in [0.15, 0.2) is 0 Å². The van der Waals surface area contributed by atoms with E-state index in [-0.39, 0.29) is 18.0 Å². The third-order valence-electron chi connectivity index (χ3n) is 5.53. The predicted octanol–water partition coefficient (Wildman–Crippen LogP) is 5.26. The Labute approximate surface area is 209 Å². The minimum atomic E-state index is -0.561. The van der Waals surface area contributed by atoms with Crippen LogP contribution in [0.4, 0.5) is 25.4 Å². The van der Waals surface area contributed by atoms with Crippen LogP contribution in [0.5, 0.6) is 5.75 Å². The molecule has 36 heavy (non-hydrogen) atoms. The Kier molecular flexibility index (Phi) is 7.14. The lowest BCUT2D eigenvalue weighted by Crippen LogP contribution is -2.36. The molecule has 1 atom stereocenters. The zero-order valence-electron chi connectivity index (χ0n) is 20.7. The van der Waals surface area contributed by atoms with Crippen LogP contribution >= 0.6 is 0 Å². The molecular weight excluding hydrogens is 465 g/mol. The van der Waals surface area contributed by atoms with Crippen molar-refractivity contribution in [2.24, 2.45) is 7.05 Å². The summed E-state index contributed by atoms with van der Waals surface area (Å²) in [5.41, 5.74) is 1.99. The quantitative estimate of drug-likeness (QED) is 0.503. The van der Waals surface area contributed by atoms with Crippen molar-refractivity contribution in [3.63, 3.8) is 0 Å². The maximum absolute atomic E-state index is 13.1. The number of urea groups is 1. The number of carbonyl (C=O) groups is 2. The highest BCUT2D eigenvalue weighted by molar-refractivity contribution is 6.00. The summed E-state index contributed by atoms with van der Waals surface area (Å²) in [6.45, 7) is 6.48. The summed E-state index contributed by atoms with van der Waals surface area (Å²) >= 11 is 0. The normalized spacial score (nSPS) is 15.5. The second-order valence-corrected chi connectivity index (χ2v) is 9.59. The van der Waals surface area contributed by atoms with Gasteiger partial charge in [0, 0.05) is 43.1 Å². The van der Waals surface area contributed by atoms with Crippen molar-refractivity contribution in [2.75, 3.05) is 23.7 Å². The average molecular weight is 496 g/mol. The number of hydrogen-bond acceptors (Lipinski definition) is 5. The van der Waals surface area contributed by atoms with Gasteiger partial charge >= 0.3 is 12.1 Å². The molecule has 1 fully saturated rings. The SMILES string of the molecule is Cn1nccc1-c1cc(NC(=O)Nc2ccc(F)cc2)ccc1O[C@H]1CCN(C(=O)OC(C)(C)C)C1. The number of nitrogens with zero attached hydrogens (tertiary/aromatic N) is 3. The molecule has 2 aromatic carbocycles. The monoisotopic (exact) mass is 495 g/mol. The van der Waals surface area contributed by atoms with Gasteiger partial charge in [-0.1, -0.05) is 0 Å². The maximum atomic E-state index is 13.1. The lowest BCUT2D eigenvalue weighted by molar-refractivity contribution is 0.0276. The molecule has 0 aliphatic carbocycles. The molecule has 4 rings (SSSR count). The molecule has 2 heterocycles. The molecule has 190 valence electrons. The largest absolute Gasteiger partial charge is 0.488 e. The number of aryl methyl sites for hydroxylation is 1. The van der Waals surface area contributed by atoms with E-state index in [4.69, 9.17) is 9.47 Å². The number of amides is 3. The maximum Gasteiger partial charge on any atom is 0.410 e. The highest BCUT2D eigenvalue weighted by atomic mass is 19.1. The fraction of sp³-hybridized carbons (Fsp3) is 0.346. The van der Waals surface area contributed by atoms with Gasteiger partial charge in [-0.3, -0.25) is 4.68 Å². The van der Waals surface area contributed by atoms with Crippen LogP contribution in [0.25, 0.3) is 11.3 Å². The first kappa shape index (κ1) is 25.0. The molecule has 1 aromatic heterocycles. The van der Waals surface area contributed by atoms with E-state index < -0.39 is 11.6 Å². The van der Waals surface area contributed by atoms with Gasteiger partial charge in [-0.05, 0) is 69.3 Å². The number of rotatable bonds is 5. The molecule has 3 amide bonds. The smallest absolute Gasteiger partial charge is 0.410 e. The summed E-state index contributed by atoms with van der Waals surface area (Å²) in [6, 6.07) is 12.2. The second-order valence-electron chi connectivity index (χ2n) is 9.59. The number of nitrogens with one attached hydrogen (secondary N) is 2. The van der Waals surface area contributed by atoms with Crippen LogP contribution in [-0.2, 0) is 11.8 Å². The van der Waals surface area contributed by atoms with E-state index in [1.165, 1.54) is 24.3 Å². The van der Waals surface area contributed by atoms with Crippen molar-refractivity contribution < 1.29 is 23.5 Å². The first-order chi connectivity index (χ1) is 17.1. The molecule has 0 unspecified atom stereocenters. The van der Waals surface area contributed by atoms with Crippen LogP contribution in [-0.4, -0.2) is 51.6 Å². The zero-order valence-corrected chi connectivity index (χ0v) is 20.7. The lowest BCUT2D eigenvalue weighted by atomic mass is 10.1. The van der Waals surface area contributed by atoms with Crippen molar-refractivity contribution in [3.05, 3.63) is 60.5 Å². The fourth-order valence-corrected chi connectivity index (χ4v) is 3.87. The Morgan fingerprint density at radius 1 is 1.06 bits per heavy atom. The summed E-state index contributed by atoms with van der Waals surface area (Å²) in [7, 11) is 1.82. The van der Waals surface area contributed by atoms with E-state index in [0.29, 0.717) is 36.6 Å². The first-order valence-electron chi connectivity index (χ1n) is 11.7. The molecule has 0 radical (unpaired) electrons. The van der Waals surface area contributed by atoms with Gasteiger partial charge < -0.3 is 25.0 Å². The van der Waals surface area contributed by atoms with Crippen LogP contribution in [0.1, 0.15) is 27.2 Å². The molecule has 1 saturated heterocycles. The number of anilines is 2. The highest BCUT2D eigenvalue weighted by Crippen LogP contribution is 2.34. The number of ether oxygens (including phenoxy) is 2. The number of hydrogen-bond donors (Lipinski definition) is 2. The number of likely N-dealkylation sites (tertiary alicyclic amines) is 1. The molecular formula is C26H30FN5O4. The van der Waals surface area contributed by atoms with Crippen molar-refractivity contribution in [1.82, 2.24) is 14.7 Å². The van der Waals surface area contributed by atoms with E-state index in [2.05, 4.69) is 15.7 Å². The Morgan fingerprint density at radius 2 is 1.75 bits per heavy atom. The highest BCUT2D eigenvalue weighted by Gasteiger charge is 2.31. The van der Waals surface area contributed by atoms with Crippen LogP contribution < -0.4 is 15.4 Å². The minimum Gasteiger partial charge on any atom is -0.488 e. The number of benzene rings is 2. The molecule has 1 aliphatic rings. The van der Waals surface area contributed by atoms with Gasteiger partial charge in [0.25, 0.3) is 0 Å². The van der Waals surface area contributed by atoms with Crippen molar-refractivity contribution in [3.8, 4) is 17.0 Å². The number of aromatic nitrogens is 2. The molecule has 0 saturated carbocycles. The Bertz CT molecular complexity index is 1240. The lowest BCUT2D eigenvalue weighted by Gasteiger charge is -2.24. The molecule has 9 nitrogen and oxygen atoms in total. The summed E-state index contributed by atoms with van der Waals surface area (Å²) in [5, 5.41) is 9.72. The molecule has 2 N–H and O–H groups in total.